The number of hydrogen-bond acceptors (Lipinski definition) is 5. The number of aryl methyl sites for hydroxylation is 2. The van der Waals surface area contributed by atoms with Gasteiger partial charge >= 0.3 is 0 Å². The zero-order valence-corrected chi connectivity index (χ0v) is 15.8. The van der Waals surface area contributed by atoms with Crippen LogP contribution in [0.15, 0.2) is 59.5 Å². The molecule has 6 nitrogen and oxygen atoms in total. The highest BCUT2D eigenvalue weighted by Crippen LogP contribution is 2.23. The summed E-state index contributed by atoms with van der Waals surface area (Å²) >= 11 is 5.78. The number of anilines is 3. The summed E-state index contributed by atoms with van der Waals surface area (Å²) in [7, 11) is -3.75. The summed E-state index contributed by atoms with van der Waals surface area (Å²) in [6.45, 7) is 3.99. The molecule has 0 radical (unpaired) electrons. The van der Waals surface area contributed by atoms with Crippen LogP contribution in [0.4, 0.5) is 17.3 Å². The van der Waals surface area contributed by atoms with E-state index < -0.39 is 10.0 Å². The number of hydrogen-bond donors (Lipinski definition) is 2. The van der Waals surface area contributed by atoms with Crippen LogP contribution in [0.2, 0.25) is 5.02 Å². The molecule has 26 heavy (non-hydrogen) atoms. The van der Waals surface area contributed by atoms with Crippen molar-refractivity contribution in [2.24, 2.45) is 0 Å². The van der Waals surface area contributed by atoms with Crippen molar-refractivity contribution in [3.8, 4) is 0 Å². The Bertz CT molecular complexity index is 1000. The third-order valence-corrected chi connectivity index (χ3v) is 5.38. The lowest BCUT2D eigenvalue weighted by atomic mass is 10.1. The van der Waals surface area contributed by atoms with Crippen LogP contribution in [0.3, 0.4) is 0 Å². The largest absolute Gasteiger partial charge is 0.338 e. The number of benzene rings is 2. The molecule has 0 aliphatic heterocycles. The van der Waals surface area contributed by atoms with Gasteiger partial charge in [0.15, 0.2) is 11.6 Å². The van der Waals surface area contributed by atoms with Crippen molar-refractivity contribution in [3.63, 3.8) is 0 Å². The fourth-order valence-corrected chi connectivity index (χ4v) is 3.53. The minimum absolute atomic E-state index is 0.0986. The van der Waals surface area contributed by atoms with E-state index >= 15 is 0 Å². The summed E-state index contributed by atoms with van der Waals surface area (Å²) in [5.74, 6) is 0.656. The molecule has 0 spiro atoms. The fourth-order valence-electron chi connectivity index (χ4n) is 2.40. The summed E-state index contributed by atoms with van der Waals surface area (Å²) in [4.78, 5) is 0.0986. The lowest BCUT2D eigenvalue weighted by Crippen LogP contribution is -2.14. The lowest BCUT2D eigenvalue weighted by molar-refractivity contribution is 0.601. The van der Waals surface area contributed by atoms with Crippen molar-refractivity contribution in [1.82, 2.24) is 10.2 Å². The topological polar surface area (TPSA) is 84.0 Å². The number of sulfonamides is 1. The third kappa shape index (κ3) is 4.12. The number of para-hydroxylation sites is 1. The average Bonchev–Trinajstić information content (AvgIpc) is 2.60. The highest BCUT2D eigenvalue weighted by Gasteiger charge is 2.15. The maximum Gasteiger partial charge on any atom is 0.263 e. The van der Waals surface area contributed by atoms with Gasteiger partial charge in [0.05, 0.1) is 4.90 Å². The maximum atomic E-state index is 12.3. The van der Waals surface area contributed by atoms with Crippen molar-refractivity contribution in [3.05, 3.63) is 70.7 Å². The SMILES string of the molecule is Cc1cccc(C)c1Nc1ccc(NS(=O)(=O)c2ccc(Cl)cc2)nn1. The van der Waals surface area contributed by atoms with Crippen LogP contribution in [-0.4, -0.2) is 18.6 Å². The first-order valence-corrected chi connectivity index (χ1v) is 9.66. The second kappa shape index (κ2) is 7.31. The van der Waals surface area contributed by atoms with E-state index in [1.807, 2.05) is 32.0 Å². The zero-order chi connectivity index (χ0) is 18.7. The molecule has 8 heteroatoms. The molecular weight excluding hydrogens is 372 g/mol. The first-order chi connectivity index (χ1) is 12.3. The van der Waals surface area contributed by atoms with Crippen molar-refractivity contribution in [2.75, 3.05) is 10.0 Å². The highest BCUT2D eigenvalue weighted by molar-refractivity contribution is 7.92. The van der Waals surface area contributed by atoms with Crippen molar-refractivity contribution >= 4 is 38.9 Å². The Morgan fingerprint density at radius 2 is 1.42 bits per heavy atom. The van der Waals surface area contributed by atoms with Crippen LogP contribution < -0.4 is 10.0 Å². The standard InChI is InChI=1S/C18H17ClN4O2S/c1-12-4-3-5-13(2)18(12)20-16-10-11-17(22-21-16)23-26(24,25)15-8-6-14(19)7-9-15/h3-11H,1-2H3,(H,20,21)(H,22,23). The molecule has 2 N–H and O–H groups in total. The van der Waals surface area contributed by atoms with E-state index in [0.717, 1.165) is 16.8 Å². The normalized spacial score (nSPS) is 11.2. The summed E-state index contributed by atoms with van der Waals surface area (Å²) < 4.78 is 27.1. The van der Waals surface area contributed by atoms with Crippen LogP contribution >= 0.6 is 11.6 Å². The van der Waals surface area contributed by atoms with Crippen LogP contribution in [0.5, 0.6) is 0 Å². The van der Waals surface area contributed by atoms with Crippen LogP contribution in [0.25, 0.3) is 0 Å². The predicted molar refractivity (Wildman–Crippen MR) is 103 cm³/mol. The molecule has 0 aliphatic carbocycles. The van der Waals surface area contributed by atoms with Gasteiger partial charge in [-0.1, -0.05) is 29.8 Å². The monoisotopic (exact) mass is 388 g/mol. The van der Waals surface area contributed by atoms with Gasteiger partial charge in [-0.2, -0.15) is 0 Å². The van der Waals surface area contributed by atoms with E-state index in [1.165, 1.54) is 24.3 Å². The van der Waals surface area contributed by atoms with Crippen molar-refractivity contribution < 1.29 is 8.42 Å². The minimum Gasteiger partial charge on any atom is -0.338 e. The van der Waals surface area contributed by atoms with Crippen LogP contribution in [0, 0.1) is 13.8 Å². The molecular formula is C18H17ClN4O2S. The molecule has 3 rings (SSSR count). The van der Waals surface area contributed by atoms with Gasteiger partial charge in [-0.05, 0) is 61.4 Å². The second-order valence-corrected chi connectivity index (χ2v) is 7.87. The Hall–Kier alpha value is -2.64. The smallest absolute Gasteiger partial charge is 0.263 e. The van der Waals surface area contributed by atoms with Crippen LogP contribution in [-0.2, 0) is 10.0 Å². The Kier molecular flexibility index (Phi) is 5.11. The fraction of sp³-hybridized carbons (Fsp3) is 0.111. The van der Waals surface area contributed by atoms with E-state index in [9.17, 15) is 8.42 Å². The highest BCUT2D eigenvalue weighted by atomic mass is 35.5. The maximum absolute atomic E-state index is 12.3. The summed E-state index contributed by atoms with van der Waals surface area (Å²) in [5.41, 5.74) is 3.12. The number of nitrogens with one attached hydrogen (secondary N) is 2. The van der Waals surface area contributed by atoms with Gasteiger partial charge in [0.25, 0.3) is 10.0 Å². The van der Waals surface area contributed by atoms with E-state index in [-0.39, 0.29) is 10.7 Å². The molecule has 0 fully saturated rings. The summed E-state index contributed by atoms with van der Waals surface area (Å²) in [5, 5.41) is 11.6. The molecule has 134 valence electrons. The van der Waals surface area contributed by atoms with Gasteiger partial charge in [-0.25, -0.2) is 8.42 Å². The van der Waals surface area contributed by atoms with E-state index in [0.29, 0.717) is 10.8 Å². The summed E-state index contributed by atoms with van der Waals surface area (Å²) in [6, 6.07) is 15.1. The molecule has 2 aromatic carbocycles. The van der Waals surface area contributed by atoms with Gasteiger partial charge in [-0.3, -0.25) is 4.72 Å². The van der Waals surface area contributed by atoms with Crippen LogP contribution in [0.1, 0.15) is 11.1 Å². The van der Waals surface area contributed by atoms with Gasteiger partial charge < -0.3 is 5.32 Å². The quantitative estimate of drug-likeness (QED) is 0.681. The van der Waals surface area contributed by atoms with E-state index in [1.54, 1.807) is 12.1 Å². The number of rotatable bonds is 5. The average molecular weight is 389 g/mol. The Labute approximate surface area is 157 Å². The van der Waals surface area contributed by atoms with Gasteiger partial charge in [-0.15, -0.1) is 10.2 Å². The van der Waals surface area contributed by atoms with Gasteiger partial charge in [0, 0.05) is 10.7 Å². The van der Waals surface area contributed by atoms with Crippen molar-refractivity contribution in [2.45, 2.75) is 18.7 Å². The Morgan fingerprint density at radius 3 is 2.00 bits per heavy atom. The van der Waals surface area contributed by atoms with Gasteiger partial charge in [0.1, 0.15) is 0 Å². The molecule has 0 unspecified atom stereocenters. The molecule has 0 aliphatic rings. The molecule has 0 amide bonds. The van der Waals surface area contributed by atoms with Crippen molar-refractivity contribution in [1.29, 1.82) is 0 Å². The Morgan fingerprint density at radius 1 is 0.846 bits per heavy atom. The second-order valence-electron chi connectivity index (χ2n) is 5.76. The molecule has 1 aromatic heterocycles. The van der Waals surface area contributed by atoms with Gasteiger partial charge in [0.2, 0.25) is 0 Å². The molecule has 0 bridgehead atoms. The minimum atomic E-state index is -3.75. The van der Waals surface area contributed by atoms with E-state index in [4.69, 9.17) is 11.6 Å². The number of aromatic nitrogens is 2. The first-order valence-electron chi connectivity index (χ1n) is 7.80. The number of nitrogens with zero attached hydrogens (tertiary/aromatic N) is 2. The molecule has 0 saturated carbocycles. The number of halogens is 1. The lowest BCUT2D eigenvalue weighted by Gasteiger charge is -2.12. The third-order valence-electron chi connectivity index (χ3n) is 3.76. The Balaban J connectivity index is 1.76. The summed E-state index contributed by atoms with van der Waals surface area (Å²) in [6.07, 6.45) is 0. The molecule has 1 heterocycles. The molecule has 3 aromatic rings. The zero-order valence-electron chi connectivity index (χ0n) is 14.2. The van der Waals surface area contributed by atoms with E-state index in [2.05, 4.69) is 20.2 Å². The molecule has 0 atom stereocenters. The predicted octanol–water partition coefficient (Wildman–Crippen LogP) is 4.29. The molecule has 0 saturated heterocycles. The first kappa shape index (κ1) is 18.2.